The van der Waals surface area contributed by atoms with Crippen LogP contribution in [0.15, 0.2) is 83.1 Å². The molecule has 34 heavy (non-hydrogen) atoms. The summed E-state index contributed by atoms with van der Waals surface area (Å²) in [4.78, 5) is 12.4. The van der Waals surface area contributed by atoms with Gasteiger partial charge in [-0.2, -0.15) is 5.10 Å². The number of thioether (sulfide) groups is 1. The van der Waals surface area contributed by atoms with Crippen LogP contribution in [-0.2, 0) is 4.79 Å². The monoisotopic (exact) mass is 513 g/mol. The molecular formula is C24H18Cl2FN5OS. The molecule has 1 heterocycles. The number of hydrogen-bond donors (Lipinski definition) is 1. The fourth-order valence-corrected chi connectivity index (χ4v) is 4.03. The summed E-state index contributed by atoms with van der Waals surface area (Å²) in [5.74, 6) is 0.0176. The fraction of sp³-hybridized carbons (Fsp3) is 0.0833. The molecule has 0 aliphatic rings. The van der Waals surface area contributed by atoms with Crippen LogP contribution in [0.1, 0.15) is 12.5 Å². The molecule has 0 fully saturated rings. The van der Waals surface area contributed by atoms with Crippen molar-refractivity contribution < 1.29 is 9.18 Å². The van der Waals surface area contributed by atoms with E-state index in [1.54, 1.807) is 43.3 Å². The predicted molar refractivity (Wildman–Crippen MR) is 134 cm³/mol. The largest absolute Gasteiger partial charge is 0.272 e. The summed E-state index contributed by atoms with van der Waals surface area (Å²) < 4.78 is 14.9. The smallest absolute Gasteiger partial charge is 0.250 e. The number of nitrogens with zero attached hydrogens (tertiary/aromatic N) is 4. The zero-order chi connectivity index (χ0) is 24.1. The van der Waals surface area contributed by atoms with E-state index in [9.17, 15) is 9.18 Å². The van der Waals surface area contributed by atoms with E-state index in [-0.39, 0.29) is 17.5 Å². The molecule has 0 saturated carbocycles. The van der Waals surface area contributed by atoms with E-state index in [1.807, 2.05) is 28.8 Å². The lowest BCUT2D eigenvalue weighted by Crippen LogP contribution is -2.21. The van der Waals surface area contributed by atoms with Crippen LogP contribution in [0, 0.1) is 5.82 Å². The second-order valence-electron chi connectivity index (χ2n) is 7.15. The van der Waals surface area contributed by atoms with Gasteiger partial charge in [0, 0.05) is 21.3 Å². The lowest BCUT2D eigenvalue weighted by Gasteiger charge is -2.10. The molecule has 1 aromatic heterocycles. The maximum atomic E-state index is 13.1. The predicted octanol–water partition coefficient (Wildman–Crippen LogP) is 6.01. The van der Waals surface area contributed by atoms with Crippen molar-refractivity contribution in [2.75, 3.05) is 5.75 Å². The van der Waals surface area contributed by atoms with Crippen LogP contribution < -0.4 is 5.43 Å². The van der Waals surface area contributed by atoms with Gasteiger partial charge in [0.15, 0.2) is 11.0 Å². The molecule has 0 radical (unpaired) electrons. The number of halogens is 3. The van der Waals surface area contributed by atoms with Crippen LogP contribution in [0.5, 0.6) is 0 Å². The maximum absolute atomic E-state index is 13.1. The van der Waals surface area contributed by atoms with Crippen molar-refractivity contribution in [1.82, 2.24) is 20.2 Å². The van der Waals surface area contributed by atoms with Crippen molar-refractivity contribution in [2.45, 2.75) is 12.1 Å². The molecule has 0 unspecified atom stereocenters. The summed E-state index contributed by atoms with van der Waals surface area (Å²) in [5.41, 5.74) is 5.42. The normalized spacial score (nSPS) is 11.5. The van der Waals surface area contributed by atoms with Gasteiger partial charge in [0.25, 0.3) is 5.91 Å². The molecule has 0 spiro atoms. The van der Waals surface area contributed by atoms with Crippen molar-refractivity contribution in [2.24, 2.45) is 5.10 Å². The lowest BCUT2D eigenvalue weighted by atomic mass is 10.1. The van der Waals surface area contributed by atoms with Gasteiger partial charge >= 0.3 is 0 Å². The van der Waals surface area contributed by atoms with Crippen LogP contribution >= 0.6 is 35.0 Å². The van der Waals surface area contributed by atoms with Crippen LogP contribution in [0.4, 0.5) is 4.39 Å². The highest BCUT2D eigenvalue weighted by Crippen LogP contribution is 2.29. The summed E-state index contributed by atoms with van der Waals surface area (Å²) in [5, 5.41) is 14.5. The molecule has 3 aromatic carbocycles. The first-order valence-corrected chi connectivity index (χ1v) is 11.8. The molecule has 0 bridgehead atoms. The lowest BCUT2D eigenvalue weighted by molar-refractivity contribution is -0.118. The Labute approximate surface area is 209 Å². The SMILES string of the molecule is CC(=NNC(=O)CSc1nnc(-c2ccc(Cl)cc2)n1-c1ccc(Cl)cc1)c1ccc(F)cc1. The maximum Gasteiger partial charge on any atom is 0.250 e. The molecule has 0 atom stereocenters. The van der Waals surface area contributed by atoms with Crippen molar-refractivity contribution >= 4 is 46.6 Å². The topological polar surface area (TPSA) is 72.2 Å². The summed E-state index contributed by atoms with van der Waals surface area (Å²) >= 11 is 13.3. The van der Waals surface area contributed by atoms with Crippen LogP contribution in [0.3, 0.4) is 0 Å². The first kappa shape index (κ1) is 23.9. The molecule has 4 aromatic rings. The number of hydrazone groups is 1. The molecular weight excluding hydrogens is 496 g/mol. The molecule has 0 saturated heterocycles. The van der Waals surface area contributed by atoms with Gasteiger partial charge < -0.3 is 0 Å². The second kappa shape index (κ2) is 10.8. The minimum absolute atomic E-state index is 0.0620. The first-order chi connectivity index (χ1) is 16.4. The van der Waals surface area contributed by atoms with Crippen molar-refractivity contribution in [3.8, 4) is 17.1 Å². The van der Waals surface area contributed by atoms with E-state index in [1.165, 1.54) is 23.9 Å². The number of aromatic nitrogens is 3. The number of rotatable bonds is 7. The van der Waals surface area contributed by atoms with Crippen molar-refractivity contribution in [3.63, 3.8) is 0 Å². The zero-order valence-corrected chi connectivity index (χ0v) is 20.2. The molecule has 1 amide bonds. The Balaban J connectivity index is 1.52. The Bertz CT molecular complexity index is 1320. The first-order valence-electron chi connectivity index (χ1n) is 10.1. The van der Waals surface area contributed by atoms with Gasteiger partial charge in [-0.1, -0.05) is 47.1 Å². The highest BCUT2D eigenvalue weighted by Gasteiger charge is 2.17. The fourth-order valence-electron chi connectivity index (χ4n) is 3.04. The number of hydrogen-bond acceptors (Lipinski definition) is 5. The van der Waals surface area contributed by atoms with Gasteiger partial charge in [0.05, 0.1) is 11.5 Å². The molecule has 1 N–H and O–H groups in total. The molecule has 0 aliphatic carbocycles. The van der Waals surface area contributed by atoms with Crippen molar-refractivity contribution in [1.29, 1.82) is 0 Å². The Morgan fingerprint density at radius 2 is 1.59 bits per heavy atom. The Hall–Kier alpha value is -3.20. The number of amides is 1. The van der Waals surface area contributed by atoms with Crippen molar-refractivity contribution in [3.05, 3.63) is 94.2 Å². The highest BCUT2D eigenvalue weighted by atomic mass is 35.5. The average Bonchev–Trinajstić information content (AvgIpc) is 3.26. The van der Waals surface area contributed by atoms with Gasteiger partial charge in [-0.25, -0.2) is 9.82 Å². The van der Waals surface area contributed by atoms with Gasteiger partial charge in [-0.05, 0) is 73.2 Å². The van der Waals surface area contributed by atoms with E-state index in [4.69, 9.17) is 23.2 Å². The van der Waals surface area contributed by atoms with Gasteiger partial charge in [-0.15, -0.1) is 10.2 Å². The summed E-state index contributed by atoms with van der Waals surface area (Å²) in [6.45, 7) is 1.73. The minimum atomic E-state index is -0.334. The van der Waals surface area contributed by atoms with Crippen LogP contribution in [0.25, 0.3) is 17.1 Å². The third-order valence-corrected chi connectivity index (χ3v) is 6.20. The van der Waals surface area contributed by atoms with E-state index in [2.05, 4.69) is 20.7 Å². The van der Waals surface area contributed by atoms with E-state index in [0.717, 1.165) is 11.3 Å². The Morgan fingerprint density at radius 1 is 0.971 bits per heavy atom. The average molecular weight is 514 g/mol. The summed E-state index contributed by atoms with van der Waals surface area (Å²) in [7, 11) is 0. The van der Waals surface area contributed by atoms with E-state index in [0.29, 0.717) is 32.3 Å². The zero-order valence-electron chi connectivity index (χ0n) is 17.9. The molecule has 172 valence electrons. The number of benzene rings is 3. The summed E-state index contributed by atoms with van der Waals surface area (Å²) in [6, 6.07) is 20.4. The standard InChI is InChI=1S/C24H18Cl2FN5OS/c1-15(16-4-10-20(27)11-5-16)28-29-22(33)14-34-24-31-30-23(17-2-6-18(25)7-3-17)32(24)21-12-8-19(26)9-13-21/h2-13H,14H2,1H3,(H,29,33). The number of nitrogens with one attached hydrogen (secondary N) is 1. The second-order valence-corrected chi connectivity index (χ2v) is 8.97. The van der Waals surface area contributed by atoms with Crippen LogP contribution in [0.2, 0.25) is 10.0 Å². The quantitative estimate of drug-likeness (QED) is 0.186. The third kappa shape index (κ3) is 5.83. The van der Waals surface area contributed by atoms with Gasteiger partial charge in [0.2, 0.25) is 0 Å². The third-order valence-electron chi connectivity index (χ3n) is 4.76. The molecule has 0 aliphatic heterocycles. The highest BCUT2D eigenvalue weighted by molar-refractivity contribution is 7.99. The Kier molecular flexibility index (Phi) is 7.62. The Morgan fingerprint density at radius 3 is 2.24 bits per heavy atom. The molecule has 6 nitrogen and oxygen atoms in total. The number of carbonyl (C=O) groups excluding carboxylic acids is 1. The minimum Gasteiger partial charge on any atom is -0.272 e. The van der Waals surface area contributed by atoms with Gasteiger partial charge in [0.1, 0.15) is 5.82 Å². The van der Waals surface area contributed by atoms with Gasteiger partial charge in [-0.3, -0.25) is 9.36 Å². The van der Waals surface area contributed by atoms with Crippen LogP contribution in [-0.4, -0.2) is 32.1 Å². The summed E-state index contributed by atoms with van der Waals surface area (Å²) in [6.07, 6.45) is 0. The molecule has 10 heteroatoms. The number of carbonyl (C=O) groups is 1. The van der Waals surface area contributed by atoms with E-state index < -0.39 is 0 Å². The molecule has 4 rings (SSSR count). The van der Waals surface area contributed by atoms with E-state index >= 15 is 0 Å².